The van der Waals surface area contributed by atoms with E-state index in [0.29, 0.717) is 12.0 Å². The lowest BCUT2D eigenvalue weighted by molar-refractivity contribution is -0.134. The summed E-state index contributed by atoms with van der Waals surface area (Å²) in [5, 5.41) is 0. The molecular weight excluding hydrogens is 298 g/mol. The number of nitrogens with two attached hydrogens (primary N) is 1. The van der Waals surface area contributed by atoms with Crippen molar-refractivity contribution in [3.8, 4) is 0 Å². The SMILES string of the molecule is CC(C)[C@H](N)C(=O)N(C[C@@H]1CCN(Cc2ccccc2)C1)C1CC1. The Labute approximate surface area is 146 Å². The molecule has 0 aromatic heterocycles. The molecule has 2 N–H and O–H groups in total. The molecule has 0 radical (unpaired) electrons. The van der Waals surface area contributed by atoms with Crippen LogP contribution < -0.4 is 5.73 Å². The van der Waals surface area contributed by atoms with Gasteiger partial charge in [0.05, 0.1) is 6.04 Å². The van der Waals surface area contributed by atoms with Gasteiger partial charge in [-0.2, -0.15) is 0 Å². The molecule has 2 atom stereocenters. The Morgan fingerprint density at radius 3 is 2.58 bits per heavy atom. The molecule has 1 aliphatic carbocycles. The van der Waals surface area contributed by atoms with E-state index in [2.05, 4.69) is 40.1 Å². The monoisotopic (exact) mass is 329 g/mol. The highest BCUT2D eigenvalue weighted by molar-refractivity contribution is 5.82. The molecule has 1 aromatic rings. The minimum atomic E-state index is -0.354. The Kier molecular flexibility index (Phi) is 5.57. The summed E-state index contributed by atoms with van der Waals surface area (Å²) in [4.78, 5) is 17.3. The van der Waals surface area contributed by atoms with Crippen molar-refractivity contribution in [3.63, 3.8) is 0 Å². The fourth-order valence-electron chi connectivity index (χ4n) is 3.61. The number of amides is 1. The number of hydrogen-bond acceptors (Lipinski definition) is 3. The van der Waals surface area contributed by atoms with Gasteiger partial charge in [0.1, 0.15) is 0 Å². The molecule has 24 heavy (non-hydrogen) atoms. The Morgan fingerprint density at radius 1 is 1.25 bits per heavy atom. The summed E-state index contributed by atoms with van der Waals surface area (Å²) < 4.78 is 0. The highest BCUT2D eigenvalue weighted by Gasteiger charge is 2.37. The molecule has 1 heterocycles. The molecule has 1 amide bonds. The Balaban J connectivity index is 1.54. The summed E-state index contributed by atoms with van der Waals surface area (Å²) in [6, 6.07) is 10.7. The Bertz CT molecular complexity index is 541. The van der Waals surface area contributed by atoms with Gasteiger partial charge in [0.25, 0.3) is 0 Å². The number of benzene rings is 1. The highest BCUT2D eigenvalue weighted by atomic mass is 16.2. The van der Waals surface area contributed by atoms with Crippen molar-refractivity contribution < 1.29 is 4.79 Å². The fraction of sp³-hybridized carbons (Fsp3) is 0.650. The normalized spacial score (nSPS) is 22.8. The summed E-state index contributed by atoms with van der Waals surface area (Å²) in [5.74, 6) is 0.948. The maximum absolute atomic E-state index is 12.7. The highest BCUT2D eigenvalue weighted by Crippen LogP contribution is 2.30. The van der Waals surface area contributed by atoms with E-state index in [1.54, 1.807) is 0 Å². The molecule has 1 saturated heterocycles. The molecule has 1 aromatic carbocycles. The number of likely N-dealkylation sites (tertiary alicyclic amines) is 1. The fourth-order valence-corrected chi connectivity index (χ4v) is 3.61. The largest absolute Gasteiger partial charge is 0.338 e. The van der Waals surface area contributed by atoms with Gasteiger partial charge < -0.3 is 10.6 Å². The van der Waals surface area contributed by atoms with Crippen LogP contribution in [-0.2, 0) is 11.3 Å². The van der Waals surface area contributed by atoms with Crippen molar-refractivity contribution in [1.82, 2.24) is 9.80 Å². The quantitative estimate of drug-likeness (QED) is 0.836. The van der Waals surface area contributed by atoms with Crippen LogP contribution in [0.1, 0.15) is 38.7 Å². The van der Waals surface area contributed by atoms with E-state index in [1.807, 2.05) is 13.8 Å². The van der Waals surface area contributed by atoms with Gasteiger partial charge in [0, 0.05) is 25.7 Å². The Hall–Kier alpha value is -1.39. The average molecular weight is 329 g/mol. The van der Waals surface area contributed by atoms with E-state index in [1.165, 1.54) is 12.0 Å². The molecule has 0 spiro atoms. The smallest absolute Gasteiger partial charge is 0.240 e. The minimum Gasteiger partial charge on any atom is -0.338 e. The van der Waals surface area contributed by atoms with E-state index in [0.717, 1.165) is 39.0 Å². The van der Waals surface area contributed by atoms with Crippen molar-refractivity contribution in [2.75, 3.05) is 19.6 Å². The molecule has 0 unspecified atom stereocenters. The van der Waals surface area contributed by atoms with Crippen LogP contribution in [0.15, 0.2) is 30.3 Å². The second kappa shape index (κ2) is 7.66. The van der Waals surface area contributed by atoms with Crippen LogP contribution in [0.3, 0.4) is 0 Å². The van der Waals surface area contributed by atoms with Crippen LogP contribution in [0, 0.1) is 11.8 Å². The lowest BCUT2D eigenvalue weighted by Crippen LogP contribution is -2.49. The summed E-state index contributed by atoms with van der Waals surface area (Å²) >= 11 is 0. The van der Waals surface area contributed by atoms with Gasteiger partial charge in [-0.1, -0.05) is 44.2 Å². The van der Waals surface area contributed by atoms with E-state index in [-0.39, 0.29) is 17.9 Å². The number of nitrogens with zero attached hydrogens (tertiary/aromatic N) is 2. The van der Waals surface area contributed by atoms with E-state index in [4.69, 9.17) is 5.73 Å². The number of carbonyl (C=O) groups excluding carboxylic acids is 1. The molecule has 3 rings (SSSR count). The molecule has 0 bridgehead atoms. The van der Waals surface area contributed by atoms with Gasteiger partial charge in [-0.3, -0.25) is 9.69 Å². The van der Waals surface area contributed by atoms with Crippen molar-refractivity contribution in [3.05, 3.63) is 35.9 Å². The molecular formula is C20H31N3O. The van der Waals surface area contributed by atoms with Crippen LogP contribution in [-0.4, -0.2) is 47.4 Å². The number of hydrogen-bond donors (Lipinski definition) is 1. The van der Waals surface area contributed by atoms with Gasteiger partial charge in [-0.25, -0.2) is 0 Å². The molecule has 132 valence electrons. The average Bonchev–Trinajstić information content (AvgIpc) is 3.33. The molecule has 2 fully saturated rings. The summed E-state index contributed by atoms with van der Waals surface area (Å²) in [7, 11) is 0. The van der Waals surface area contributed by atoms with Crippen LogP contribution in [0.2, 0.25) is 0 Å². The number of rotatable bonds is 7. The lowest BCUT2D eigenvalue weighted by Gasteiger charge is -2.29. The third-order valence-electron chi connectivity index (χ3n) is 5.35. The van der Waals surface area contributed by atoms with Crippen LogP contribution in [0.25, 0.3) is 0 Å². The van der Waals surface area contributed by atoms with E-state index >= 15 is 0 Å². The van der Waals surface area contributed by atoms with E-state index < -0.39 is 0 Å². The predicted octanol–water partition coefficient (Wildman–Crippen LogP) is 2.48. The standard InChI is InChI=1S/C20H31N3O/c1-15(2)19(21)20(24)23(18-8-9-18)14-17-10-11-22(13-17)12-16-6-4-3-5-7-16/h3-7,15,17-19H,8-14,21H2,1-2H3/t17-,19+/m1/s1. The van der Waals surface area contributed by atoms with Gasteiger partial charge >= 0.3 is 0 Å². The second-order valence-corrected chi connectivity index (χ2v) is 7.87. The molecule has 2 aliphatic rings. The van der Waals surface area contributed by atoms with Crippen molar-refractivity contribution in [1.29, 1.82) is 0 Å². The zero-order chi connectivity index (χ0) is 17.1. The van der Waals surface area contributed by atoms with Gasteiger partial charge in [0.15, 0.2) is 0 Å². The van der Waals surface area contributed by atoms with E-state index in [9.17, 15) is 4.79 Å². The summed E-state index contributed by atoms with van der Waals surface area (Å²) in [6.07, 6.45) is 3.48. The molecule has 1 aliphatic heterocycles. The molecule has 4 heteroatoms. The minimum absolute atomic E-state index is 0.161. The first-order valence-corrected chi connectivity index (χ1v) is 9.37. The molecule has 1 saturated carbocycles. The lowest BCUT2D eigenvalue weighted by atomic mass is 10.0. The van der Waals surface area contributed by atoms with Crippen molar-refractivity contribution in [2.24, 2.45) is 17.6 Å². The predicted molar refractivity (Wildman–Crippen MR) is 97.4 cm³/mol. The topological polar surface area (TPSA) is 49.6 Å². The zero-order valence-electron chi connectivity index (χ0n) is 15.0. The summed E-state index contributed by atoms with van der Waals surface area (Å²) in [5.41, 5.74) is 7.50. The van der Waals surface area contributed by atoms with Gasteiger partial charge in [-0.15, -0.1) is 0 Å². The van der Waals surface area contributed by atoms with Crippen molar-refractivity contribution >= 4 is 5.91 Å². The Morgan fingerprint density at radius 2 is 1.96 bits per heavy atom. The van der Waals surface area contributed by atoms with Crippen molar-refractivity contribution in [2.45, 2.75) is 51.7 Å². The first-order valence-electron chi connectivity index (χ1n) is 9.37. The maximum Gasteiger partial charge on any atom is 0.240 e. The molecule has 4 nitrogen and oxygen atoms in total. The number of carbonyl (C=O) groups is 1. The van der Waals surface area contributed by atoms with Gasteiger partial charge in [0.2, 0.25) is 5.91 Å². The summed E-state index contributed by atoms with van der Waals surface area (Å²) in [6.45, 7) is 8.18. The third-order valence-corrected chi connectivity index (χ3v) is 5.35. The maximum atomic E-state index is 12.7. The second-order valence-electron chi connectivity index (χ2n) is 7.87. The van der Waals surface area contributed by atoms with Crippen LogP contribution in [0.5, 0.6) is 0 Å². The first kappa shape index (κ1) is 17.4. The zero-order valence-corrected chi connectivity index (χ0v) is 15.0. The first-order chi connectivity index (χ1) is 11.5. The third kappa shape index (κ3) is 4.37. The van der Waals surface area contributed by atoms with Crippen LogP contribution in [0.4, 0.5) is 0 Å². The van der Waals surface area contributed by atoms with Gasteiger partial charge in [-0.05, 0) is 43.2 Å². The van der Waals surface area contributed by atoms with Crippen LogP contribution >= 0.6 is 0 Å².